The largest absolute Gasteiger partial charge is 0.489 e. The van der Waals surface area contributed by atoms with E-state index in [4.69, 9.17) is 9.47 Å². The third kappa shape index (κ3) is 8.56. The highest BCUT2D eigenvalue weighted by atomic mass is 31.1. The number of hydrogen-bond acceptors (Lipinski definition) is 2. The molecule has 6 aromatic carbocycles. The van der Waals surface area contributed by atoms with Crippen molar-refractivity contribution >= 4 is 47.7 Å². The molecule has 59 heavy (non-hydrogen) atoms. The highest BCUT2D eigenvalue weighted by Gasteiger charge is 2.34. The van der Waals surface area contributed by atoms with E-state index in [1.807, 2.05) is 0 Å². The van der Waals surface area contributed by atoms with Crippen LogP contribution in [0.4, 0.5) is 0 Å². The summed E-state index contributed by atoms with van der Waals surface area (Å²) in [5.74, 6) is 3.48. The van der Waals surface area contributed by atoms with Crippen LogP contribution in [0.2, 0.25) is 0 Å². The Morgan fingerprint density at radius 1 is 0.356 bits per heavy atom. The molecule has 2 saturated carbocycles. The lowest BCUT2D eigenvalue weighted by atomic mass is 9.83. The second-order valence-electron chi connectivity index (χ2n) is 17.6. The average molecular weight is 813 g/mol. The third-order valence-corrected chi connectivity index (χ3v) is 18.4. The molecule has 6 aromatic rings. The first-order chi connectivity index (χ1) is 29.2. The van der Waals surface area contributed by atoms with Gasteiger partial charge in [0, 0.05) is 23.5 Å². The van der Waals surface area contributed by atoms with Gasteiger partial charge in [-0.1, -0.05) is 172 Å². The molecule has 2 atom stereocenters. The lowest BCUT2D eigenvalue weighted by molar-refractivity contribution is 0.189. The molecule has 0 saturated heterocycles. The highest BCUT2D eigenvalue weighted by Crippen LogP contribution is 2.46. The van der Waals surface area contributed by atoms with E-state index >= 15 is 0 Å². The van der Waals surface area contributed by atoms with Crippen molar-refractivity contribution in [3.63, 3.8) is 0 Å². The minimum absolute atomic E-state index is 0.0600. The van der Waals surface area contributed by atoms with Gasteiger partial charge in [0.25, 0.3) is 0 Å². The van der Waals surface area contributed by atoms with E-state index in [2.05, 4.69) is 146 Å². The topological polar surface area (TPSA) is 18.5 Å². The predicted octanol–water partition coefficient (Wildman–Crippen LogP) is 11.8. The van der Waals surface area contributed by atoms with Crippen LogP contribution in [0.5, 0.6) is 11.5 Å². The molecule has 2 aliphatic carbocycles. The van der Waals surface area contributed by atoms with Crippen LogP contribution in [0.25, 0.3) is 0 Å². The summed E-state index contributed by atoms with van der Waals surface area (Å²) in [6.07, 6.45) is 18.1. The first-order valence-electron chi connectivity index (χ1n) is 22.7. The van der Waals surface area contributed by atoms with Crippen LogP contribution < -0.4 is 41.3 Å². The van der Waals surface area contributed by atoms with Crippen LogP contribution in [0.1, 0.15) is 118 Å². The molecule has 4 heteroatoms. The molecule has 0 unspecified atom stereocenters. The summed E-state index contributed by atoms with van der Waals surface area (Å²) in [5.41, 5.74) is 5.75. The van der Waals surface area contributed by atoms with Gasteiger partial charge in [-0.25, -0.2) is 0 Å². The SMILES string of the molecule is c1ccc(P(c2ccccc2)c2cc(C3CCCCC3)cc3c2O[C@@H]2CCC[C@H](C3)Oc3c(cc(C4CCCCC4)cc3P(c3ccccc3)c3ccccc3)C2)cc1. The number of rotatable bonds is 8. The molecule has 2 aliphatic heterocycles. The van der Waals surface area contributed by atoms with E-state index in [-0.39, 0.29) is 12.2 Å². The van der Waals surface area contributed by atoms with Crippen molar-refractivity contribution in [3.05, 3.63) is 168 Å². The Bertz CT molecular complexity index is 2060. The van der Waals surface area contributed by atoms with Gasteiger partial charge in [-0.2, -0.15) is 0 Å². The molecule has 2 heterocycles. The maximum Gasteiger partial charge on any atom is 0.131 e. The summed E-state index contributed by atoms with van der Waals surface area (Å²) >= 11 is 0. The quantitative estimate of drug-likeness (QED) is 0.143. The fourth-order valence-corrected chi connectivity index (χ4v) is 15.6. The van der Waals surface area contributed by atoms with Crippen molar-refractivity contribution in [1.29, 1.82) is 0 Å². The van der Waals surface area contributed by atoms with Crippen LogP contribution in [-0.2, 0) is 12.8 Å². The normalized spacial score (nSPS) is 20.0. The van der Waals surface area contributed by atoms with Gasteiger partial charge in [0.05, 0.1) is 0 Å². The molecule has 10 rings (SSSR count). The second kappa shape index (κ2) is 18.2. The zero-order chi connectivity index (χ0) is 39.4. The molecular weight excluding hydrogens is 755 g/mol. The van der Waals surface area contributed by atoms with Crippen LogP contribution in [0.3, 0.4) is 0 Å². The Kier molecular flexibility index (Phi) is 12.0. The van der Waals surface area contributed by atoms with Crippen molar-refractivity contribution in [2.45, 2.75) is 120 Å². The zero-order valence-electron chi connectivity index (χ0n) is 34.5. The second-order valence-corrected chi connectivity index (χ2v) is 21.9. The number of hydrogen-bond donors (Lipinski definition) is 0. The molecule has 0 aromatic heterocycles. The molecule has 0 radical (unpaired) electrons. The summed E-state index contributed by atoms with van der Waals surface area (Å²) in [4.78, 5) is 0. The minimum Gasteiger partial charge on any atom is -0.489 e. The van der Waals surface area contributed by atoms with Crippen LogP contribution in [0.15, 0.2) is 146 Å². The fraction of sp³-hybridized carbons (Fsp3) is 0.345. The van der Waals surface area contributed by atoms with Crippen molar-refractivity contribution < 1.29 is 9.47 Å². The van der Waals surface area contributed by atoms with Crippen molar-refractivity contribution in [3.8, 4) is 11.5 Å². The van der Waals surface area contributed by atoms with E-state index in [0.717, 1.165) is 43.6 Å². The van der Waals surface area contributed by atoms with Gasteiger partial charge in [0.15, 0.2) is 0 Å². The van der Waals surface area contributed by atoms with Gasteiger partial charge in [0.2, 0.25) is 0 Å². The monoisotopic (exact) mass is 812 g/mol. The Labute approximate surface area is 355 Å². The van der Waals surface area contributed by atoms with Crippen LogP contribution in [-0.4, -0.2) is 12.2 Å². The molecule has 2 fully saturated rings. The summed E-state index contributed by atoms with van der Waals surface area (Å²) in [7, 11) is -1.69. The van der Waals surface area contributed by atoms with Gasteiger partial charge < -0.3 is 9.47 Å². The molecule has 0 N–H and O–H groups in total. The van der Waals surface area contributed by atoms with E-state index < -0.39 is 15.8 Å². The van der Waals surface area contributed by atoms with Crippen LogP contribution in [0, 0.1) is 0 Å². The number of ether oxygens (including phenoxy) is 2. The molecule has 4 aliphatic rings. The molecule has 0 amide bonds. The van der Waals surface area contributed by atoms with E-state index in [1.165, 1.54) is 118 Å². The van der Waals surface area contributed by atoms with E-state index in [9.17, 15) is 0 Å². The lowest BCUT2D eigenvalue weighted by Gasteiger charge is -2.33. The first-order valence-corrected chi connectivity index (χ1v) is 25.4. The number of fused-ring (bicyclic) bond motifs is 6. The maximum atomic E-state index is 7.71. The Morgan fingerprint density at radius 2 is 0.695 bits per heavy atom. The molecule has 300 valence electrons. The minimum atomic E-state index is -0.847. The van der Waals surface area contributed by atoms with Gasteiger partial charge in [0.1, 0.15) is 23.7 Å². The van der Waals surface area contributed by atoms with Gasteiger partial charge >= 0.3 is 0 Å². The Balaban J connectivity index is 1.15. The van der Waals surface area contributed by atoms with Crippen molar-refractivity contribution in [2.75, 3.05) is 0 Å². The molecule has 2 nitrogen and oxygen atoms in total. The third-order valence-electron chi connectivity index (χ3n) is 13.5. The highest BCUT2D eigenvalue weighted by molar-refractivity contribution is 7.80. The lowest BCUT2D eigenvalue weighted by Crippen LogP contribution is -2.31. The molecular formula is C55H58O2P2. The standard InChI is InChI=1S/C55H58O2P2/c1-7-20-40(21-8-1)42-34-44-36-46-24-19-25-47(56-54(44)52(38-42)58(48-26-11-3-12-27-48)49-28-13-4-14-29-49)37-45-35-43(41-22-9-2-10-23-41)39-53(55(45)57-46)59(50-30-15-5-16-31-50)51-32-17-6-18-33-51/h3-6,11-18,26-35,38-41,46-47H,1-2,7-10,19-25,36-37H2/t46-,47-/m1/s1. The van der Waals surface area contributed by atoms with Gasteiger partial charge in [-0.3, -0.25) is 0 Å². The zero-order valence-corrected chi connectivity index (χ0v) is 36.3. The molecule has 0 spiro atoms. The predicted molar refractivity (Wildman–Crippen MR) is 252 cm³/mol. The maximum absolute atomic E-state index is 7.71. The average Bonchev–Trinajstić information content (AvgIpc) is 3.44. The van der Waals surface area contributed by atoms with E-state index in [0.29, 0.717) is 11.8 Å². The van der Waals surface area contributed by atoms with Crippen molar-refractivity contribution in [2.24, 2.45) is 0 Å². The summed E-state index contributed by atoms with van der Waals surface area (Å²) in [6, 6.07) is 55.6. The summed E-state index contributed by atoms with van der Waals surface area (Å²) in [5, 5.41) is 8.35. The summed E-state index contributed by atoms with van der Waals surface area (Å²) in [6.45, 7) is 0. The number of benzene rings is 6. The molecule has 2 bridgehead atoms. The summed E-state index contributed by atoms with van der Waals surface area (Å²) < 4.78 is 15.4. The Hall–Kier alpha value is -4.22. The fourth-order valence-electron chi connectivity index (χ4n) is 10.6. The van der Waals surface area contributed by atoms with Gasteiger partial charge in [-0.05, 0) is 128 Å². The van der Waals surface area contributed by atoms with Gasteiger partial charge in [-0.15, -0.1) is 0 Å². The van der Waals surface area contributed by atoms with Crippen molar-refractivity contribution in [1.82, 2.24) is 0 Å². The first kappa shape index (κ1) is 38.9. The van der Waals surface area contributed by atoms with E-state index in [1.54, 1.807) is 0 Å². The Morgan fingerprint density at radius 3 is 1.03 bits per heavy atom. The smallest absolute Gasteiger partial charge is 0.131 e. The van der Waals surface area contributed by atoms with Crippen LogP contribution >= 0.6 is 15.8 Å².